The van der Waals surface area contributed by atoms with Gasteiger partial charge in [-0.2, -0.15) is 4.98 Å². The van der Waals surface area contributed by atoms with Crippen molar-refractivity contribution in [3.63, 3.8) is 0 Å². The predicted molar refractivity (Wildman–Crippen MR) is 83.9 cm³/mol. The van der Waals surface area contributed by atoms with Crippen molar-refractivity contribution in [1.82, 2.24) is 9.97 Å². The highest BCUT2D eigenvalue weighted by Gasteiger charge is 2.23. The summed E-state index contributed by atoms with van der Waals surface area (Å²) in [5.41, 5.74) is 0. The first kappa shape index (κ1) is 16.0. The number of methoxy groups -OCH3 is 1. The molecule has 1 heterocycles. The van der Waals surface area contributed by atoms with E-state index in [1.807, 2.05) is 6.07 Å². The fourth-order valence-electron chi connectivity index (χ4n) is 2.63. The Morgan fingerprint density at radius 3 is 2.76 bits per heavy atom. The highest BCUT2D eigenvalue weighted by atomic mass is 16.5. The highest BCUT2D eigenvalue weighted by Crippen LogP contribution is 2.25. The van der Waals surface area contributed by atoms with E-state index in [9.17, 15) is 0 Å². The Kier molecular flexibility index (Phi) is 6.23. The third kappa shape index (κ3) is 4.84. The van der Waals surface area contributed by atoms with Crippen molar-refractivity contribution in [3.05, 3.63) is 11.9 Å². The number of aromatic nitrogens is 2. The first-order valence-electron chi connectivity index (χ1n) is 8.06. The molecule has 1 aromatic rings. The fourth-order valence-corrected chi connectivity index (χ4v) is 2.63. The van der Waals surface area contributed by atoms with Gasteiger partial charge >= 0.3 is 0 Å². The third-order valence-electron chi connectivity index (χ3n) is 3.82. The highest BCUT2D eigenvalue weighted by molar-refractivity contribution is 5.38. The van der Waals surface area contributed by atoms with Gasteiger partial charge in [0.1, 0.15) is 17.7 Å². The van der Waals surface area contributed by atoms with Crippen LogP contribution in [0.4, 0.5) is 5.82 Å². The van der Waals surface area contributed by atoms with Crippen molar-refractivity contribution >= 4 is 5.82 Å². The molecule has 2 atom stereocenters. The molecule has 1 saturated carbocycles. The Labute approximate surface area is 127 Å². The molecule has 1 N–H and O–H groups in total. The maximum absolute atomic E-state index is 6.08. The number of aryl methyl sites for hydroxylation is 1. The molecule has 0 saturated heterocycles. The van der Waals surface area contributed by atoms with Gasteiger partial charge in [-0.05, 0) is 25.7 Å². The van der Waals surface area contributed by atoms with Gasteiger partial charge in [-0.25, -0.2) is 4.98 Å². The van der Waals surface area contributed by atoms with Crippen LogP contribution in [0.25, 0.3) is 0 Å². The van der Waals surface area contributed by atoms with Crippen molar-refractivity contribution in [2.24, 2.45) is 0 Å². The zero-order valence-corrected chi connectivity index (χ0v) is 13.4. The minimum Gasteiger partial charge on any atom is -0.474 e. The average molecular weight is 293 g/mol. The molecule has 5 nitrogen and oxygen atoms in total. The van der Waals surface area contributed by atoms with Crippen LogP contribution in [-0.2, 0) is 11.2 Å². The Hall–Kier alpha value is -1.36. The molecule has 0 aromatic carbocycles. The van der Waals surface area contributed by atoms with E-state index < -0.39 is 0 Å². The Bertz CT molecular complexity index is 440. The van der Waals surface area contributed by atoms with E-state index in [0.717, 1.165) is 56.7 Å². The molecule has 0 spiro atoms. The topological polar surface area (TPSA) is 56.3 Å². The van der Waals surface area contributed by atoms with E-state index in [-0.39, 0.29) is 6.10 Å². The molecule has 1 aromatic heterocycles. The molecule has 5 heteroatoms. The number of hydrogen-bond donors (Lipinski definition) is 1. The van der Waals surface area contributed by atoms with Gasteiger partial charge in [-0.3, -0.25) is 0 Å². The molecule has 21 heavy (non-hydrogen) atoms. The monoisotopic (exact) mass is 293 g/mol. The van der Waals surface area contributed by atoms with Crippen LogP contribution in [-0.4, -0.2) is 35.8 Å². The minimum absolute atomic E-state index is 0.197. The molecule has 1 aliphatic rings. The van der Waals surface area contributed by atoms with Gasteiger partial charge in [-0.1, -0.05) is 13.8 Å². The van der Waals surface area contributed by atoms with Crippen LogP contribution in [0.3, 0.4) is 0 Å². The number of nitrogens with zero attached hydrogens (tertiary/aromatic N) is 2. The van der Waals surface area contributed by atoms with E-state index >= 15 is 0 Å². The largest absolute Gasteiger partial charge is 0.474 e. The Morgan fingerprint density at radius 1 is 1.24 bits per heavy atom. The van der Waals surface area contributed by atoms with Crippen molar-refractivity contribution in [2.45, 2.75) is 64.6 Å². The number of ether oxygens (including phenoxy) is 2. The number of rotatable bonds is 7. The fraction of sp³-hybridized carbons (Fsp3) is 0.750. The summed E-state index contributed by atoms with van der Waals surface area (Å²) in [6, 6.07) is 1.91. The first-order chi connectivity index (χ1) is 10.2. The van der Waals surface area contributed by atoms with Crippen molar-refractivity contribution in [2.75, 3.05) is 19.0 Å². The summed E-state index contributed by atoms with van der Waals surface area (Å²) in [6.45, 7) is 5.11. The van der Waals surface area contributed by atoms with Crippen molar-refractivity contribution < 1.29 is 9.47 Å². The van der Waals surface area contributed by atoms with Crippen LogP contribution < -0.4 is 10.1 Å². The second-order valence-corrected chi connectivity index (χ2v) is 5.55. The molecule has 0 bridgehead atoms. The molecule has 118 valence electrons. The van der Waals surface area contributed by atoms with Crippen LogP contribution in [0.1, 0.15) is 51.8 Å². The third-order valence-corrected chi connectivity index (χ3v) is 3.82. The van der Waals surface area contributed by atoms with Crippen LogP contribution >= 0.6 is 0 Å². The Morgan fingerprint density at radius 2 is 2.05 bits per heavy atom. The van der Waals surface area contributed by atoms with Crippen LogP contribution in [0.5, 0.6) is 5.88 Å². The van der Waals surface area contributed by atoms with E-state index in [1.54, 1.807) is 7.11 Å². The summed E-state index contributed by atoms with van der Waals surface area (Å²) in [6.07, 6.45) is 6.68. The molecule has 0 aliphatic heterocycles. The van der Waals surface area contributed by atoms with E-state index in [1.165, 1.54) is 0 Å². The summed E-state index contributed by atoms with van der Waals surface area (Å²) in [4.78, 5) is 8.98. The second kappa shape index (κ2) is 8.17. The van der Waals surface area contributed by atoms with Crippen molar-refractivity contribution in [3.8, 4) is 5.88 Å². The SMILES string of the molecule is CCCNc1cc(OC2CCCC(OC)C2)nc(CC)n1. The van der Waals surface area contributed by atoms with Crippen LogP contribution in [0.15, 0.2) is 6.07 Å². The molecule has 1 aliphatic carbocycles. The molecule has 1 fully saturated rings. The first-order valence-corrected chi connectivity index (χ1v) is 8.06. The Balaban J connectivity index is 2.03. The van der Waals surface area contributed by atoms with E-state index in [4.69, 9.17) is 9.47 Å². The van der Waals surface area contributed by atoms with Gasteiger partial charge in [0.05, 0.1) is 6.10 Å². The van der Waals surface area contributed by atoms with Crippen LogP contribution in [0.2, 0.25) is 0 Å². The normalized spacial score (nSPS) is 22.0. The lowest BCUT2D eigenvalue weighted by Crippen LogP contribution is -2.29. The lowest BCUT2D eigenvalue weighted by Gasteiger charge is -2.28. The van der Waals surface area contributed by atoms with Gasteiger partial charge in [0.25, 0.3) is 0 Å². The lowest BCUT2D eigenvalue weighted by molar-refractivity contribution is 0.0194. The van der Waals surface area contributed by atoms with Gasteiger partial charge in [-0.15, -0.1) is 0 Å². The van der Waals surface area contributed by atoms with Gasteiger partial charge in [0.15, 0.2) is 0 Å². The second-order valence-electron chi connectivity index (χ2n) is 5.55. The average Bonchev–Trinajstić information content (AvgIpc) is 2.52. The number of hydrogen-bond acceptors (Lipinski definition) is 5. The summed E-state index contributed by atoms with van der Waals surface area (Å²) in [7, 11) is 1.78. The van der Waals surface area contributed by atoms with Gasteiger partial charge in [0.2, 0.25) is 5.88 Å². The zero-order valence-electron chi connectivity index (χ0n) is 13.4. The van der Waals surface area contributed by atoms with Gasteiger partial charge < -0.3 is 14.8 Å². The molecule has 0 amide bonds. The molecular weight excluding hydrogens is 266 g/mol. The summed E-state index contributed by atoms with van der Waals surface area (Å²) in [5, 5.41) is 3.31. The number of anilines is 1. The zero-order chi connectivity index (χ0) is 15.1. The lowest BCUT2D eigenvalue weighted by atomic mass is 9.95. The standard InChI is InChI=1S/C16H27N3O2/c1-4-9-17-15-11-16(19-14(5-2)18-15)21-13-8-6-7-12(10-13)20-3/h11-13H,4-10H2,1-3H3,(H,17,18,19). The van der Waals surface area contributed by atoms with E-state index in [0.29, 0.717) is 12.0 Å². The maximum atomic E-state index is 6.08. The summed E-state index contributed by atoms with van der Waals surface area (Å²) < 4.78 is 11.5. The smallest absolute Gasteiger partial charge is 0.218 e. The van der Waals surface area contributed by atoms with Crippen LogP contribution in [0, 0.1) is 0 Å². The molecule has 2 unspecified atom stereocenters. The van der Waals surface area contributed by atoms with Crippen molar-refractivity contribution in [1.29, 1.82) is 0 Å². The molecular formula is C16H27N3O2. The minimum atomic E-state index is 0.197. The van der Waals surface area contributed by atoms with E-state index in [2.05, 4.69) is 29.1 Å². The summed E-state index contributed by atoms with van der Waals surface area (Å²) in [5.74, 6) is 2.37. The van der Waals surface area contributed by atoms with Gasteiger partial charge in [0, 0.05) is 32.6 Å². The predicted octanol–water partition coefficient (Wildman–Crippen LogP) is 3.20. The number of nitrogens with one attached hydrogen (secondary N) is 1. The quantitative estimate of drug-likeness (QED) is 0.836. The summed E-state index contributed by atoms with van der Waals surface area (Å²) >= 11 is 0. The molecule has 2 rings (SSSR count). The molecule has 0 radical (unpaired) electrons. The maximum Gasteiger partial charge on any atom is 0.218 e.